The van der Waals surface area contributed by atoms with Crippen LogP contribution in [0.15, 0.2) is 28.7 Å². The molecule has 2 rings (SSSR count). The second kappa shape index (κ2) is 6.97. The molecule has 1 N–H and O–H groups in total. The summed E-state index contributed by atoms with van der Waals surface area (Å²) in [6.07, 6.45) is 0. The van der Waals surface area contributed by atoms with Crippen molar-refractivity contribution in [3.63, 3.8) is 0 Å². The summed E-state index contributed by atoms with van der Waals surface area (Å²) in [6, 6.07) is 6.22. The normalized spacial score (nSPS) is 10.6. The zero-order valence-corrected chi connectivity index (χ0v) is 13.0. The predicted octanol–water partition coefficient (Wildman–Crippen LogP) is 4.31. The van der Waals surface area contributed by atoms with Crippen LogP contribution in [-0.2, 0) is 11.3 Å². The van der Waals surface area contributed by atoms with Crippen molar-refractivity contribution in [3.8, 4) is 0 Å². The van der Waals surface area contributed by atoms with Crippen LogP contribution in [0.25, 0.3) is 0 Å². The van der Waals surface area contributed by atoms with Gasteiger partial charge >= 0.3 is 0 Å². The van der Waals surface area contributed by atoms with Gasteiger partial charge in [-0.15, -0.1) is 0 Å². The third-order valence-electron chi connectivity index (χ3n) is 2.39. The van der Waals surface area contributed by atoms with Gasteiger partial charge in [0.2, 0.25) is 0 Å². The van der Waals surface area contributed by atoms with E-state index in [9.17, 15) is 4.39 Å². The highest BCUT2D eigenvalue weighted by molar-refractivity contribution is 9.10. The zero-order valence-electron chi connectivity index (χ0n) is 10.7. The van der Waals surface area contributed by atoms with Crippen LogP contribution < -0.4 is 5.32 Å². The van der Waals surface area contributed by atoms with E-state index in [1.165, 1.54) is 12.1 Å². The SMILES string of the molecule is CCOCc1nc(Cl)cc(Nc2c(F)cccc2Br)n1. The van der Waals surface area contributed by atoms with Crippen molar-refractivity contribution in [2.75, 3.05) is 11.9 Å². The highest BCUT2D eigenvalue weighted by Crippen LogP contribution is 2.28. The van der Waals surface area contributed by atoms with Gasteiger partial charge in [0.1, 0.15) is 23.4 Å². The molecule has 0 spiro atoms. The van der Waals surface area contributed by atoms with E-state index in [0.29, 0.717) is 28.4 Å². The molecule has 0 atom stereocenters. The van der Waals surface area contributed by atoms with E-state index in [1.54, 1.807) is 12.1 Å². The summed E-state index contributed by atoms with van der Waals surface area (Å²) in [4.78, 5) is 8.27. The molecule has 0 aliphatic heterocycles. The Morgan fingerprint density at radius 2 is 2.20 bits per heavy atom. The summed E-state index contributed by atoms with van der Waals surface area (Å²) >= 11 is 9.20. The molecule has 0 unspecified atom stereocenters. The maximum atomic E-state index is 13.7. The van der Waals surface area contributed by atoms with Crippen LogP contribution >= 0.6 is 27.5 Å². The van der Waals surface area contributed by atoms with Gasteiger partial charge in [-0.05, 0) is 35.0 Å². The number of ether oxygens (including phenoxy) is 1. The third kappa shape index (κ3) is 3.88. The fourth-order valence-corrected chi connectivity index (χ4v) is 2.17. The van der Waals surface area contributed by atoms with Gasteiger partial charge in [-0.1, -0.05) is 17.7 Å². The van der Waals surface area contributed by atoms with E-state index in [0.717, 1.165) is 0 Å². The Hall–Kier alpha value is -1.24. The zero-order chi connectivity index (χ0) is 14.5. The van der Waals surface area contributed by atoms with Gasteiger partial charge in [-0.3, -0.25) is 0 Å². The Balaban J connectivity index is 2.27. The number of anilines is 2. The lowest BCUT2D eigenvalue weighted by Crippen LogP contribution is -2.04. The minimum absolute atomic E-state index is 0.254. The maximum Gasteiger partial charge on any atom is 0.158 e. The molecule has 0 amide bonds. The molecule has 1 aromatic heterocycles. The molecule has 0 radical (unpaired) electrons. The molecule has 1 heterocycles. The third-order valence-corrected chi connectivity index (χ3v) is 3.25. The fourth-order valence-electron chi connectivity index (χ4n) is 1.53. The Bertz CT molecular complexity index is 592. The van der Waals surface area contributed by atoms with Crippen LogP contribution in [0, 0.1) is 5.82 Å². The maximum absolute atomic E-state index is 13.7. The minimum atomic E-state index is -0.388. The highest BCUT2D eigenvalue weighted by atomic mass is 79.9. The average Bonchev–Trinajstić information content (AvgIpc) is 2.40. The molecular formula is C13H12BrClFN3O. The number of hydrogen-bond acceptors (Lipinski definition) is 4. The molecule has 0 saturated carbocycles. The number of halogens is 3. The van der Waals surface area contributed by atoms with E-state index in [1.807, 2.05) is 6.92 Å². The first-order chi connectivity index (χ1) is 9.60. The minimum Gasteiger partial charge on any atom is -0.374 e. The average molecular weight is 361 g/mol. The van der Waals surface area contributed by atoms with Gasteiger partial charge in [0, 0.05) is 17.1 Å². The van der Waals surface area contributed by atoms with Crippen LogP contribution in [0.1, 0.15) is 12.7 Å². The van der Waals surface area contributed by atoms with Crippen molar-refractivity contribution in [1.82, 2.24) is 9.97 Å². The highest BCUT2D eigenvalue weighted by Gasteiger charge is 2.09. The van der Waals surface area contributed by atoms with Crippen LogP contribution in [0.4, 0.5) is 15.9 Å². The van der Waals surface area contributed by atoms with Gasteiger partial charge < -0.3 is 10.1 Å². The van der Waals surface area contributed by atoms with Crippen molar-refractivity contribution in [2.45, 2.75) is 13.5 Å². The Labute approximate surface area is 129 Å². The number of hydrogen-bond donors (Lipinski definition) is 1. The van der Waals surface area contributed by atoms with Crippen LogP contribution in [0.5, 0.6) is 0 Å². The molecule has 0 fully saturated rings. The lowest BCUT2D eigenvalue weighted by molar-refractivity contribution is 0.128. The summed E-state index contributed by atoms with van der Waals surface area (Å²) in [6.45, 7) is 2.68. The fraction of sp³-hybridized carbons (Fsp3) is 0.231. The van der Waals surface area contributed by atoms with Gasteiger partial charge in [-0.25, -0.2) is 14.4 Å². The molecule has 0 aliphatic carbocycles. The number of benzene rings is 1. The van der Waals surface area contributed by atoms with Gasteiger partial charge in [0.25, 0.3) is 0 Å². The van der Waals surface area contributed by atoms with Crippen LogP contribution in [-0.4, -0.2) is 16.6 Å². The molecule has 7 heteroatoms. The molecule has 0 bridgehead atoms. The van der Waals surface area contributed by atoms with Crippen LogP contribution in [0.2, 0.25) is 5.15 Å². The summed E-state index contributed by atoms with van der Waals surface area (Å²) in [7, 11) is 0. The van der Waals surface area contributed by atoms with E-state index in [-0.39, 0.29) is 17.6 Å². The molecule has 106 valence electrons. The van der Waals surface area contributed by atoms with Crippen molar-refractivity contribution in [1.29, 1.82) is 0 Å². The Morgan fingerprint density at radius 3 is 2.90 bits per heavy atom. The first-order valence-electron chi connectivity index (χ1n) is 5.92. The Morgan fingerprint density at radius 1 is 1.40 bits per heavy atom. The van der Waals surface area contributed by atoms with E-state index in [2.05, 4.69) is 31.2 Å². The number of rotatable bonds is 5. The number of nitrogens with one attached hydrogen (secondary N) is 1. The molecular weight excluding hydrogens is 349 g/mol. The quantitative estimate of drug-likeness (QED) is 0.807. The van der Waals surface area contributed by atoms with Gasteiger partial charge in [-0.2, -0.15) is 0 Å². The second-order valence-electron chi connectivity index (χ2n) is 3.85. The first kappa shape index (κ1) is 15.2. The van der Waals surface area contributed by atoms with E-state index in [4.69, 9.17) is 16.3 Å². The van der Waals surface area contributed by atoms with Gasteiger partial charge in [0.15, 0.2) is 5.82 Å². The summed E-state index contributed by atoms with van der Waals surface area (Å²) in [5.74, 6) is 0.459. The number of nitrogens with zero attached hydrogens (tertiary/aromatic N) is 2. The predicted molar refractivity (Wildman–Crippen MR) is 79.8 cm³/mol. The summed E-state index contributed by atoms with van der Waals surface area (Å²) in [5, 5.41) is 3.15. The summed E-state index contributed by atoms with van der Waals surface area (Å²) in [5.41, 5.74) is 0.296. The Kier molecular flexibility index (Phi) is 5.28. The van der Waals surface area contributed by atoms with E-state index < -0.39 is 0 Å². The summed E-state index contributed by atoms with van der Waals surface area (Å²) < 4.78 is 19.6. The molecule has 20 heavy (non-hydrogen) atoms. The lowest BCUT2D eigenvalue weighted by atomic mass is 10.3. The topological polar surface area (TPSA) is 47.0 Å². The monoisotopic (exact) mass is 359 g/mol. The smallest absolute Gasteiger partial charge is 0.158 e. The first-order valence-corrected chi connectivity index (χ1v) is 7.09. The van der Waals surface area contributed by atoms with Gasteiger partial charge in [0.05, 0.1) is 5.69 Å². The van der Waals surface area contributed by atoms with Crippen molar-refractivity contribution in [2.24, 2.45) is 0 Å². The van der Waals surface area contributed by atoms with Crippen molar-refractivity contribution in [3.05, 3.63) is 45.5 Å². The van der Waals surface area contributed by atoms with Crippen molar-refractivity contribution >= 4 is 39.0 Å². The molecule has 0 aliphatic rings. The van der Waals surface area contributed by atoms with Crippen LogP contribution in [0.3, 0.4) is 0 Å². The standard InChI is InChI=1S/C13H12BrClFN3O/c1-2-20-7-12-17-10(15)6-11(18-12)19-13-8(14)4-3-5-9(13)16/h3-6H,2,7H2,1H3,(H,17,18,19). The number of aromatic nitrogens is 2. The lowest BCUT2D eigenvalue weighted by Gasteiger charge is -2.10. The number of para-hydroxylation sites is 1. The van der Waals surface area contributed by atoms with E-state index >= 15 is 0 Å². The molecule has 0 saturated heterocycles. The molecule has 2 aromatic rings. The van der Waals surface area contributed by atoms with Crippen molar-refractivity contribution < 1.29 is 9.13 Å². The molecule has 1 aromatic carbocycles. The largest absolute Gasteiger partial charge is 0.374 e. The second-order valence-corrected chi connectivity index (χ2v) is 5.09. The molecule has 4 nitrogen and oxygen atoms in total.